The average molecular weight is 164 g/mol. The highest BCUT2D eigenvalue weighted by molar-refractivity contribution is 4.61. The Morgan fingerprint density at radius 2 is 0.909 bits per heavy atom. The van der Waals surface area contributed by atoms with E-state index in [0.717, 1.165) is 0 Å². The quantitative estimate of drug-likeness (QED) is 0.514. The molecule has 0 unspecified atom stereocenters. The maximum absolute atomic E-state index is 2.30. The molecule has 0 bridgehead atoms. The van der Waals surface area contributed by atoms with Crippen LogP contribution in [0, 0.1) is 5.41 Å². The Hall–Kier alpha value is 0. The van der Waals surface area contributed by atoms with Gasteiger partial charge in [-0.2, -0.15) is 0 Å². The minimum Gasteiger partial charge on any atom is -0.0776 e. The van der Waals surface area contributed by atoms with E-state index in [9.17, 15) is 0 Å². The lowest BCUT2D eigenvalue weighted by atomic mass is 9.88. The summed E-state index contributed by atoms with van der Waals surface area (Å²) < 4.78 is 0. The highest BCUT2D eigenvalue weighted by Gasteiger charge is 2.09. The van der Waals surface area contributed by atoms with Crippen molar-refractivity contribution in [3.8, 4) is 0 Å². The summed E-state index contributed by atoms with van der Waals surface area (Å²) in [6, 6.07) is 0. The topological polar surface area (TPSA) is 0 Å². The highest BCUT2D eigenvalue weighted by atomic mass is 14.1. The molecule has 0 heteroatoms. The largest absolute Gasteiger partial charge is 0.0776 e. The minimum absolute atomic E-state index is 0. The van der Waals surface area contributed by atoms with Crippen LogP contribution in [0.5, 0.6) is 0 Å². The molecule has 0 aliphatic carbocycles. The van der Waals surface area contributed by atoms with Gasteiger partial charge in [0, 0.05) is 0 Å². The van der Waals surface area contributed by atoms with Gasteiger partial charge in [-0.15, -0.1) is 0 Å². The summed E-state index contributed by atoms with van der Waals surface area (Å²) in [6.07, 6.45) is 2.59. The van der Waals surface area contributed by atoms with Gasteiger partial charge in [-0.3, -0.25) is 0 Å². The third kappa shape index (κ3) is 17.8. The molecule has 0 amide bonds. The van der Waals surface area contributed by atoms with E-state index in [2.05, 4.69) is 27.7 Å². The average Bonchev–Trinajstić information content (AvgIpc) is 1.68. The Labute approximate surface area is 76.4 Å². The molecule has 0 nitrogen and oxygen atoms in total. The zero-order valence-electron chi connectivity index (χ0n) is 5.91. The molecule has 0 saturated carbocycles. The van der Waals surface area contributed by atoms with Gasteiger partial charge < -0.3 is 0 Å². The van der Waals surface area contributed by atoms with Crippen LogP contribution < -0.4 is 0 Å². The fourth-order valence-electron chi connectivity index (χ4n) is 0.250. The van der Waals surface area contributed by atoms with Gasteiger partial charge in [0.1, 0.15) is 0 Å². The smallest absolute Gasteiger partial charge is 0.0359 e. The Morgan fingerprint density at radius 1 is 0.727 bits per heavy atom. The molecule has 0 rings (SSSR count). The van der Waals surface area contributed by atoms with Crippen LogP contribution in [-0.4, -0.2) is 0 Å². The van der Waals surface area contributed by atoms with E-state index in [0.29, 0.717) is 5.41 Å². The van der Waals surface area contributed by atoms with Gasteiger partial charge in [0.05, 0.1) is 0 Å². The second-order valence-electron chi connectivity index (χ2n) is 2.87. The van der Waals surface area contributed by atoms with Gasteiger partial charge in [-0.05, 0) is 5.41 Å². The zero-order chi connectivity index (χ0) is 5.91. The molecule has 0 aromatic heterocycles. The summed E-state index contributed by atoms with van der Waals surface area (Å²) in [7, 11) is 0. The Balaban J connectivity index is -0.0000000300. The number of hydrogen-bond acceptors (Lipinski definition) is 0. The van der Waals surface area contributed by atoms with Gasteiger partial charge in [0.15, 0.2) is 0 Å². The first-order chi connectivity index (χ1) is 3.12. The molecule has 76 valence electrons. The third-order valence-corrected chi connectivity index (χ3v) is 1.91. The molecule has 0 saturated heterocycles. The van der Waals surface area contributed by atoms with Crippen LogP contribution in [0.1, 0.15) is 70.2 Å². The van der Waals surface area contributed by atoms with Crippen molar-refractivity contribution in [1.29, 1.82) is 0 Å². The number of rotatable bonds is 2. The molecule has 0 heterocycles. The van der Waals surface area contributed by atoms with E-state index < -0.39 is 0 Å². The van der Waals surface area contributed by atoms with Crippen LogP contribution in [0.25, 0.3) is 0 Å². The summed E-state index contributed by atoms with van der Waals surface area (Å²) in [6.45, 7) is 9.08. The molecule has 0 aliphatic heterocycles. The van der Waals surface area contributed by atoms with Crippen LogP contribution in [0.15, 0.2) is 0 Å². The summed E-state index contributed by atoms with van der Waals surface area (Å²) in [5.41, 5.74) is 0.583. The second kappa shape index (κ2) is 12.7. The lowest BCUT2D eigenvalue weighted by Gasteiger charge is -2.18. The fourth-order valence-corrected chi connectivity index (χ4v) is 0.250. The molecule has 11 heavy (non-hydrogen) atoms. The normalized spacial score (nSPS) is 7.64. The van der Waals surface area contributed by atoms with E-state index in [1.807, 2.05) is 0 Å². The zero-order valence-corrected chi connectivity index (χ0v) is 5.91. The van der Waals surface area contributed by atoms with Crippen LogP contribution in [-0.2, 0) is 0 Å². The maximum Gasteiger partial charge on any atom is -0.0359 e. The van der Waals surface area contributed by atoms with Crippen molar-refractivity contribution in [1.82, 2.24) is 0 Å². The van der Waals surface area contributed by atoms with E-state index in [4.69, 9.17) is 0 Å². The summed E-state index contributed by atoms with van der Waals surface area (Å²) in [5, 5.41) is 0. The van der Waals surface area contributed by atoms with Gasteiger partial charge in [-0.1, -0.05) is 70.2 Å². The van der Waals surface area contributed by atoms with Crippen LogP contribution >= 0.6 is 0 Å². The summed E-state index contributed by atoms with van der Waals surface area (Å²) in [5.74, 6) is 0. The van der Waals surface area contributed by atoms with Gasteiger partial charge in [-0.25, -0.2) is 0 Å². The highest BCUT2D eigenvalue weighted by Crippen LogP contribution is 2.22. The van der Waals surface area contributed by atoms with Gasteiger partial charge in [0.2, 0.25) is 0 Å². The first-order valence-electron chi connectivity index (χ1n) is 3.12. The lowest BCUT2D eigenvalue weighted by molar-refractivity contribution is 0.338. The molecule has 0 aliphatic rings. The molecule has 0 N–H and O–H groups in total. The Bertz CT molecular complexity index is 38.0. The SMILES string of the molecule is C.C.C.C.CCC(C)(C)CC. The van der Waals surface area contributed by atoms with Gasteiger partial charge in [0.25, 0.3) is 0 Å². The molecule has 0 aromatic rings. The first-order valence-corrected chi connectivity index (χ1v) is 3.12. The third-order valence-electron chi connectivity index (χ3n) is 1.91. The maximum atomic E-state index is 2.30. The molecular weight excluding hydrogens is 132 g/mol. The molecule has 0 spiro atoms. The monoisotopic (exact) mass is 164 g/mol. The summed E-state index contributed by atoms with van der Waals surface area (Å²) >= 11 is 0. The Morgan fingerprint density at radius 3 is 0.909 bits per heavy atom. The van der Waals surface area contributed by atoms with Crippen molar-refractivity contribution < 1.29 is 0 Å². The molecule has 0 radical (unpaired) electrons. The standard InChI is InChI=1S/C7H16.4CH4/c1-5-7(3,4)6-2;;;;/h5-6H2,1-4H3;4*1H4. The lowest BCUT2D eigenvalue weighted by Crippen LogP contribution is -2.05. The summed E-state index contributed by atoms with van der Waals surface area (Å²) in [4.78, 5) is 0. The predicted octanol–water partition coefficient (Wildman–Crippen LogP) is 5.38. The van der Waals surface area contributed by atoms with Crippen LogP contribution in [0.4, 0.5) is 0 Å². The van der Waals surface area contributed by atoms with Crippen molar-refractivity contribution in [3.05, 3.63) is 0 Å². The van der Waals surface area contributed by atoms with E-state index in [1.54, 1.807) is 0 Å². The Kier molecular flexibility index (Phi) is 35.2. The van der Waals surface area contributed by atoms with E-state index >= 15 is 0 Å². The fraction of sp³-hybridized carbons (Fsp3) is 1.00. The van der Waals surface area contributed by atoms with E-state index in [1.165, 1.54) is 12.8 Å². The van der Waals surface area contributed by atoms with E-state index in [-0.39, 0.29) is 29.7 Å². The van der Waals surface area contributed by atoms with Crippen molar-refractivity contribution in [2.45, 2.75) is 70.2 Å². The van der Waals surface area contributed by atoms with Crippen LogP contribution in [0.3, 0.4) is 0 Å². The minimum atomic E-state index is 0. The van der Waals surface area contributed by atoms with Gasteiger partial charge >= 0.3 is 0 Å². The van der Waals surface area contributed by atoms with Crippen LogP contribution in [0.2, 0.25) is 0 Å². The molecule has 0 atom stereocenters. The van der Waals surface area contributed by atoms with Crippen molar-refractivity contribution in [3.63, 3.8) is 0 Å². The second-order valence-corrected chi connectivity index (χ2v) is 2.87. The first kappa shape index (κ1) is 30.6. The number of hydrogen-bond donors (Lipinski definition) is 0. The predicted molar refractivity (Wildman–Crippen MR) is 61.3 cm³/mol. The molecule has 0 aromatic carbocycles. The van der Waals surface area contributed by atoms with Crippen molar-refractivity contribution in [2.75, 3.05) is 0 Å². The van der Waals surface area contributed by atoms with Crippen molar-refractivity contribution >= 4 is 0 Å². The molecular formula is C11H32. The molecule has 0 fully saturated rings. The van der Waals surface area contributed by atoms with Crippen molar-refractivity contribution in [2.24, 2.45) is 5.41 Å².